The molecule has 0 spiro atoms. The lowest BCUT2D eigenvalue weighted by Crippen LogP contribution is -2.28. The Kier molecular flexibility index (Phi) is 6.00. The average molecular weight is 427 g/mol. The van der Waals surface area contributed by atoms with Crippen LogP contribution in [0.5, 0.6) is 23.0 Å². The van der Waals surface area contributed by atoms with Gasteiger partial charge in [-0.3, -0.25) is 0 Å². The molecule has 0 aliphatic rings. The van der Waals surface area contributed by atoms with Gasteiger partial charge in [0.15, 0.2) is 17.7 Å². The van der Waals surface area contributed by atoms with E-state index in [0.717, 1.165) is 16.8 Å². The highest BCUT2D eigenvalue weighted by atomic mass is 19.1. The topological polar surface area (TPSA) is 68.5 Å². The third kappa shape index (κ3) is 4.68. The first kappa shape index (κ1) is 20.9. The van der Waals surface area contributed by atoms with Gasteiger partial charge in [-0.25, -0.2) is 9.18 Å². The normalized spacial score (nSPS) is 11.4. The predicted molar refractivity (Wildman–Crippen MR) is 117 cm³/mol. The summed E-state index contributed by atoms with van der Waals surface area (Å²) in [4.78, 5) is 12.5. The molecule has 0 amide bonds. The number of carbonyl (C=O) groups excluding carboxylic acids is 1. The van der Waals surface area contributed by atoms with Crippen molar-refractivity contribution in [3.63, 3.8) is 0 Å². The Hall–Kier alpha value is -4.37. The number of nitrogens with zero attached hydrogens (tertiary/aromatic N) is 1. The van der Waals surface area contributed by atoms with E-state index in [4.69, 9.17) is 19.5 Å². The average Bonchev–Trinajstić information content (AvgIpc) is 2.81. The minimum Gasteiger partial charge on any atom is -0.479 e. The van der Waals surface area contributed by atoms with Gasteiger partial charge in [0, 0.05) is 5.39 Å². The first-order valence-corrected chi connectivity index (χ1v) is 9.87. The van der Waals surface area contributed by atoms with E-state index >= 15 is 0 Å². The van der Waals surface area contributed by atoms with Crippen molar-refractivity contribution < 1.29 is 23.4 Å². The summed E-state index contributed by atoms with van der Waals surface area (Å²) < 4.78 is 30.7. The van der Waals surface area contributed by atoms with Crippen LogP contribution in [0.3, 0.4) is 0 Å². The van der Waals surface area contributed by atoms with Crippen LogP contribution in [0, 0.1) is 17.1 Å². The zero-order valence-corrected chi connectivity index (χ0v) is 17.1. The molecule has 6 heteroatoms. The second kappa shape index (κ2) is 9.19. The standard InChI is InChI=1S/C26H18FNO4/c1-17(26(29)32-24-8-4-6-19-5-2-3-7-22(19)24)30-20-10-12-21(13-11-20)31-25-14-9-18(16-28)15-23(25)27/h2-15,17H,1H3/t17-/m1/s1. The molecule has 1 atom stereocenters. The second-order valence-electron chi connectivity index (χ2n) is 6.99. The summed E-state index contributed by atoms with van der Waals surface area (Å²) in [5, 5.41) is 10.6. The van der Waals surface area contributed by atoms with E-state index in [1.54, 1.807) is 37.3 Å². The Labute approximate surface area is 184 Å². The maximum atomic E-state index is 14.0. The number of halogens is 1. The van der Waals surface area contributed by atoms with E-state index in [0.29, 0.717) is 17.2 Å². The van der Waals surface area contributed by atoms with Gasteiger partial charge in [-0.1, -0.05) is 36.4 Å². The van der Waals surface area contributed by atoms with Gasteiger partial charge in [0.1, 0.15) is 17.2 Å². The molecule has 4 aromatic rings. The van der Waals surface area contributed by atoms with Crippen molar-refractivity contribution in [2.24, 2.45) is 0 Å². The fourth-order valence-corrected chi connectivity index (χ4v) is 3.09. The van der Waals surface area contributed by atoms with Crippen molar-refractivity contribution in [1.82, 2.24) is 0 Å². The lowest BCUT2D eigenvalue weighted by molar-refractivity contribution is -0.141. The van der Waals surface area contributed by atoms with Crippen molar-refractivity contribution >= 4 is 16.7 Å². The van der Waals surface area contributed by atoms with E-state index in [2.05, 4.69) is 0 Å². The van der Waals surface area contributed by atoms with Crippen molar-refractivity contribution in [2.45, 2.75) is 13.0 Å². The Bertz CT molecular complexity index is 1310. The highest BCUT2D eigenvalue weighted by Gasteiger charge is 2.18. The molecule has 0 aliphatic carbocycles. The van der Waals surface area contributed by atoms with Gasteiger partial charge in [0.05, 0.1) is 11.6 Å². The molecular weight excluding hydrogens is 409 g/mol. The van der Waals surface area contributed by atoms with Crippen molar-refractivity contribution in [3.05, 3.63) is 96.3 Å². The summed E-state index contributed by atoms with van der Waals surface area (Å²) in [6.07, 6.45) is -0.850. The van der Waals surface area contributed by atoms with Crippen molar-refractivity contribution in [1.29, 1.82) is 5.26 Å². The quantitative estimate of drug-likeness (QED) is 0.278. The molecule has 0 aliphatic heterocycles. The van der Waals surface area contributed by atoms with Gasteiger partial charge in [0.25, 0.3) is 0 Å². The summed E-state index contributed by atoms with van der Waals surface area (Å²) in [5.41, 5.74) is 0.211. The zero-order valence-electron chi connectivity index (χ0n) is 17.1. The number of esters is 1. The Morgan fingerprint density at radius 2 is 1.62 bits per heavy atom. The molecule has 0 N–H and O–H groups in total. The molecule has 0 aromatic heterocycles. The van der Waals surface area contributed by atoms with E-state index in [1.807, 2.05) is 42.5 Å². The van der Waals surface area contributed by atoms with Gasteiger partial charge in [0.2, 0.25) is 0 Å². The molecule has 0 saturated heterocycles. The van der Waals surface area contributed by atoms with Crippen LogP contribution in [0.25, 0.3) is 10.8 Å². The summed E-state index contributed by atoms with van der Waals surface area (Å²) in [6.45, 7) is 1.60. The van der Waals surface area contributed by atoms with E-state index in [9.17, 15) is 9.18 Å². The third-order valence-electron chi connectivity index (χ3n) is 4.72. The van der Waals surface area contributed by atoms with Crippen LogP contribution in [0.15, 0.2) is 84.9 Å². The highest BCUT2D eigenvalue weighted by molar-refractivity contribution is 5.91. The van der Waals surface area contributed by atoms with Crippen LogP contribution in [-0.4, -0.2) is 12.1 Å². The fourth-order valence-electron chi connectivity index (χ4n) is 3.09. The van der Waals surface area contributed by atoms with Crippen LogP contribution in [0.1, 0.15) is 12.5 Å². The number of benzene rings is 4. The SMILES string of the molecule is C[C@@H](Oc1ccc(Oc2ccc(C#N)cc2F)cc1)C(=O)Oc1cccc2ccccc12. The van der Waals surface area contributed by atoms with Crippen LogP contribution in [-0.2, 0) is 4.79 Å². The van der Waals surface area contributed by atoms with Gasteiger partial charge in [-0.2, -0.15) is 5.26 Å². The first-order chi connectivity index (χ1) is 15.5. The van der Waals surface area contributed by atoms with Crippen molar-refractivity contribution in [3.8, 4) is 29.1 Å². The minimum atomic E-state index is -0.850. The van der Waals surface area contributed by atoms with Gasteiger partial charge in [-0.15, -0.1) is 0 Å². The van der Waals surface area contributed by atoms with Crippen LogP contribution in [0.2, 0.25) is 0 Å². The summed E-state index contributed by atoms with van der Waals surface area (Å²) >= 11 is 0. The summed E-state index contributed by atoms with van der Waals surface area (Å²) in [6, 6.07) is 25.4. The molecule has 0 saturated carbocycles. The molecule has 5 nitrogen and oxygen atoms in total. The number of carbonyl (C=O) groups is 1. The highest BCUT2D eigenvalue weighted by Crippen LogP contribution is 2.28. The second-order valence-corrected chi connectivity index (χ2v) is 6.99. The Morgan fingerprint density at radius 3 is 2.38 bits per heavy atom. The number of rotatable bonds is 6. The fraction of sp³-hybridized carbons (Fsp3) is 0.0769. The molecule has 0 heterocycles. The Morgan fingerprint density at radius 1 is 0.906 bits per heavy atom. The van der Waals surface area contributed by atoms with E-state index in [1.165, 1.54) is 12.1 Å². The van der Waals surface area contributed by atoms with Crippen LogP contribution in [0.4, 0.5) is 4.39 Å². The number of nitriles is 1. The molecule has 0 radical (unpaired) electrons. The molecule has 158 valence electrons. The maximum absolute atomic E-state index is 14.0. The molecule has 0 fully saturated rings. The Balaban J connectivity index is 1.39. The van der Waals surface area contributed by atoms with Gasteiger partial charge in [-0.05, 0) is 60.8 Å². The zero-order chi connectivity index (χ0) is 22.5. The molecule has 32 heavy (non-hydrogen) atoms. The number of hydrogen-bond acceptors (Lipinski definition) is 5. The summed E-state index contributed by atoms with van der Waals surface area (Å²) in [5.74, 6) is 0.129. The minimum absolute atomic E-state index is 0.00435. The molecule has 0 bridgehead atoms. The molecule has 4 rings (SSSR count). The third-order valence-corrected chi connectivity index (χ3v) is 4.72. The maximum Gasteiger partial charge on any atom is 0.352 e. The van der Waals surface area contributed by atoms with Crippen molar-refractivity contribution in [2.75, 3.05) is 0 Å². The molecular formula is C26H18FNO4. The number of fused-ring (bicyclic) bond motifs is 1. The lowest BCUT2D eigenvalue weighted by Gasteiger charge is -2.15. The summed E-state index contributed by atoms with van der Waals surface area (Å²) in [7, 11) is 0. The van der Waals surface area contributed by atoms with Gasteiger partial charge >= 0.3 is 5.97 Å². The number of ether oxygens (including phenoxy) is 3. The van der Waals surface area contributed by atoms with E-state index < -0.39 is 17.9 Å². The number of hydrogen-bond donors (Lipinski definition) is 0. The largest absolute Gasteiger partial charge is 0.479 e. The first-order valence-electron chi connectivity index (χ1n) is 9.87. The smallest absolute Gasteiger partial charge is 0.352 e. The van der Waals surface area contributed by atoms with Crippen LogP contribution < -0.4 is 14.2 Å². The molecule has 4 aromatic carbocycles. The van der Waals surface area contributed by atoms with E-state index in [-0.39, 0.29) is 11.3 Å². The monoisotopic (exact) mass is 427 g/mol. The van der Waals surface area contributed by atoms with Crippen LogP contribution >= 0.6 is 0 Å². The lowest BCUT2D eigenvalue weighted by atomic mass is 10.1. The predicted octanol–water partition coefficient (Wildman–Crippen LogP) is 6.02. The molecule has 0 unspecified atom stereocenters. The van der Waals surface area contributed by atoms with Gasteiger partial charge < -0.3 is 14.2 Å².